The van der Waals surface area contributed by atoms with E-state index in [0.717, 1.165) is 11.1 Å². The fourth-order valence-corrected chi connectivity index (χ4v) is 1.29. The lowest BCUT2D eigenvalue weighted by Gasteiger charge is -2.02. The number of carbonyl (C=O) groups excluding carboxylic acids is 2. The fraction of sp³-hybridized carbons (Fsp3) is 0.273. The maximum absolute atomic E-state index is 11.0. The van der Waals surface area contributed by atoms with Crippen LogP contribution in [0.25, 0.3) is 0 Å². The van der Waals surface area contributed by atoms with E-state index in [9.17, 15) is 9.59 Å². The summed E-state index contributed by atoms with van der Waals surface area (Å²) >= 11 is 0. The molecule has 0 heterocycles. The highest BCUT2D eigenvalue weighted by Crippen LogP contribution is 2.07. The normalized spacial score (nSPS) is 9.67. The molecule has 0 aliphatic carbocycles. The minimum atomic E-state index is -0.384. The minimum Gasteiger partial charge on any atom is -0.469 e. The third-order valence-electron chi connectivity index (χ3n) is 1.95. The van der Waals surface area contributed by atoms with Gasteiger partial charge in [0.1, 0.15) is 0 Å². The Morgan fingerprint density at radius 2 is 1.87 bits per heavy atom. The first kappa shape index (κ1) is 11.2. The van der Waals surface area contributed by atoms with Crippen LogP contribution in [-0.2, 0) is 27.2 Å². The summed E-state index contributed by atoms with van der Waals surface area (Å²) in [6, 6.07) is 7.17. The van der Waals surface area contributed by atoms with Crippen molar-refractivity contribution in [3.8, 4) is 0 Å². The SMILES string of the molecule is COC(=O)Cc1cccc(CC(N)=O)c1. The molecule has 0 saturated heterocycles. The lowest BCUT2D eigenvalue weighted by atomic mass is 10.1. The van der Waals surface area contributed by atoms with Gasteiger partial charge in [-0.25, -0.2) is 0 Å². The van der Waals surface area contributed by atoms with Gasteiger partial charge in [0.2, 0.25) is 5.91 Å². The molecule has 1 amide bonds. The summed E-state index contributed by atoms with van der Waals surface area (Å²) in [7, 11) is 1.34. The molecule has 0 bridgehead atoms. The zero-order valence-electron chi connectivity index (χ0n) is 8.53. The number of esters is 1. The first-order chi connectivity index (χ1) is 7.11. The number of primary amides is 1. The monoisotopic (exact) mass is 207 g/mol. The smallest absolute Gasteiger partial charge is 0.309 e. The number of nitrogens with two attached hydrogens (primary N) is 1. The Morgan fingerprint density at radius 1 is 1.27 bits per heavy atom. The Morgan fingerprint density at radius 3 is 2.40 bits per heavy atom. The molecule has 15 heavy (non-hydrogen) atoms. The van der Waals surface area contributed by atoms with Gasteiger partial charge < -0.3 is 10.5 Å². The Bertz CT molecular complexity index is 374. The molecule has 1 aromatic carbocycles. The number of benzene rings is 1. The van der Waals surface area contributed by atoms with Gasteiger partial charge in [0.25, 0.3) is 0 Å². The van der Waals surface area contributed by atoms with Crippen molar-refractivity contribution in [3.05, 3.63) is 35.4 Å². The van der Waals surface area contributed by atoms with Gasteiger partial charge >= 0.3 is 5.97 Å². The summed E-state index contributed by atoms with van der Waals surface area (Å²) < 4.78 is 4.54. The highest BCUT2D eigenvalue weighted by molar-refractivity contribution is 5.77. The van der Waals surface area contributed by atoms with Gasteiger partial charge in [-0.1, -0.05) is 24.3 Å². The van der Waals surface area contributed by atoms with Crippen LogP contribution in [0.3, 0.4) is 0 Å². The quantitative estimate of drug-likeness (QED) is 0.728. The van der Waals surface area contributed by atoms with E-state index in [4.69, 9.17) is 5.73 Å². The lowest BCUT2D eigenvalue weighted by Crippen LogP contribution is -2.14. The number of hydrogen-bond donors (Lipinski definition) is 1. The van der Waals surface area contributed by atoms with Crippen LogP contribution >= 0.6 is 0 Å². The summed E-state index contributed by atoms with van der Waals surface area (Å²) in [6.07, 6.45) is 0.401. The molecule has 0 aromatic heterocycles. The van der Waals surface area contributed by atoms with Crippen molar-refractivity contribution >= 4 is 11.9 Å². The molecule has 80 valence electrons. The second kappa shape index (κ2) is 5.14. The molecule has 0 aliphatic heterocycles. The highest BCUT2D eigenvalue weighted by atomic mass is 16.5. The average molecular weight is 207 g/mol. The van der Waals surface area contributed by atoms with E-state index in [1.54, 1.807) is 24.3 Å². The number of hydrogen-bond acceptors (Lipinski definition) is 3. The zero-order valence-corrected chi connectivity index (χ0v) is 8.53. The summed E-state index contributed by atoms with van der Waals surface area (Å²) in [6.45, 7) is 0. The van der Waals surface area contributed by atoms with Crippen molar-refractivity contribution in [3.63, 3.8) is 0 Å². The highest BCUT2D eigenvalue weighted by Gasteiger charge is 2.04. The van der Waals surface area contributed by atoms with Gasteiger partial charge in [0.15, 0.2) is 0 Å². The third kappa shape index (κ3) is 3.81. The summed E-state index contributed by atoms with van der Waals surface area (Å²) in [5.74, 6) is -0.684. The van der Waals surface area contributed by atoms with Gasteiger partial charge in [0.05, 0.1) is 20.0 Å². The van der Waals surface area contributed by atoms with Crippen molar-refractivity contribution < 1.29 is 14.3 Å². The average Bonchev–Trinajstić information content (AvgIpc) is 2.17. The zero-order chi connectivity index (χ0) is 11.3. The van der Waals surface area contributed by atoms with E-state index >= 15 is 0 Å². The van der Waals surface area contributed by atoms with Crippen molar-refractivity contribution in [1.82, 2.24) is 0 Å². The topological polar surface area (TPSA) is 69.4 Å². The number of methoxy groups -OCH3 is 1. The minimum absolute atomic E-state index is 0.189. The standard InChI is InChI=1S/C11H13NO3/c1-15-11(14)7-9-4-2-3-8(5-9)6-10(12)13/h2-5H,6-7H2,1H3,(H2,12,13). The molecule has 4 heteroatoms. The van der Waals surface area contributed by atoms with Crippen molar-refractivity contribution in [2.24, 2.45) is 5.73 Å². The first-order valence-electron chi connectivity index (χ1n) is 4.54. The van der Waals surface area contributed by atoms with Gasteiger partial charge in [-0.15, -0.1) is 0 Å². The van der Waals surface area contributed by atoms with Crippen molar-refractivity contribution in [1.29, 1.82) is 0 Å². The number of rotatable bonds is 4. The molecule has 1 rings (SSSR count). The predicted molar refractivity (Wildman–Crippen MR) is 55.1 cm³/mol. The molecule has 1 aromatic rings. The van der Waals surface area contributed by atoms with Crippen LogP contribution in [0.5, 0.6) is 0 Å². The third-order valence-corrected chi connectivity index (χ3v) is 1.95. The van der Waals surface area contributed by atoms with Crippen LogP contribution in [0.1, 0.15) is 11.1 Å². The van der Waals surface area contributed by atoms with Crippen LogP contribution in [0.2, 0.25) is 0 Å². The van der Waals surface area contributed by atoms with Crippen LogP contribution in [-0.4, -0.2) is 19.0 Å². The first-order valence-corrected chi connectivity index (χ1v) is 4.54. The Hall–Kier alpha value is -1.84. The number of carbonyl (C=O) groups is 2. The van der Waals surface area contributed by atoms with E-state index in [1.165, 1.54) is 7.11 Å². The molecule has 0 aliphatic rings. The summed E-state index contributed by atoms with van der Waals surface area (Å²) in [5.41, 5.74) is 6.70. The van der Waals surface area contributed by atoms with E-state index in [2.05, 4.69) is 4.74 Å². The number of amides is 1. The molecule has 0 radical (unpaired) electrons. The summed E-state index contributed by atoms with van der Waals surface area (Å²) in [4.78, 5) is 21.7. The van der Waals surface area contributed by atoms with E-state index < -0.39 is 0 Å². The molecule has 2 N–H and O–H groups in total. The summed E-state index contributed by atoms with van der Waals surface area (Å²) in [5, 5.41) is 0. The molecule has 0 fully saturated rings. The number of ether oxygens (including phenoxy) is 1. The lowest BCUT2D eigenvalue weighted by molar-refractivity contribution is -0.139. The fourth-order valence-electron chi connectivity index (χ4n) is 1.29. The van der Waals surface area contributed by atoms with Gasteiger partial charge in [0, 0.05) is 0 Å². The Balaban J connectivity index is 2.74. The van der Waals surface area contributed by atoms with Crippen LogP contribution in [0.4, 0.5) is 0 Å². The predicted octanol–water partition coefficient (Wildman–Crippen LogP) is 0.430. The van der Waals surface area contributed by atoms with E-state index in [-0.39, 0.29) is 24.7 Å². The van der Waals surface area contributed by atoms with Crippen molar-refractivity contribution in [2.75, 3.05) is 7.11 Å². The molecular formula is C11H13NO3. The van der Waals surface area contributed by atoms with Crippen LogP contribution in [0, 0.1) is 0 Å². The molecule has 0 atom stereocenters. The second-order valence-corrected chi connectivity index (χ2v) is 3.22. The van der Waals surface area contributed by atoms with E-state index in [1.807, 2.05) is 0 Å². The van der Waals surface area contributed by atoms with Crippen molar-refractivity contribution in [2.45, 2.75) is 12.8 Å². The van der Waals surface area contributed by atoms with Gasteiger partial charge in [-0.2, -0.15) is 0 Å². The van der Waals surface area contributed by atoms with E-state index in [0.29, 0.717) is 0 Å². The Kier molecular flexibility index (Phi) is 3.85. The molecule has 0 spiro atoms. The maximum Gasteiger partial charge on any atom is 0.309 e. The van der Waals surface area contributed by atoms with Crippen LogP contribution < -0.4 is 5.73 Å². The molecule has 4 nitrogen and oxygen atoms in total. The molecule has 0 saturated carbocycles. The van der Waals surface area contributed by atoms with Crippen LogP contribution in [0.15, 0.2) is 24.3 Å². The van der Waals surface area contributed by atoms with Gasteiger partial charge in [-0.05, 0) is 11.1 Å². The molecular weight excluding hydrogens is 194 g/mol. The second-order valence-electron chi connectivity index (χ2n) is 3.22. The molecule has 0 unspecified atom stereocenters. The Labute approximate surface area is 88.0 Å². The van der Waals surface area contributed by atoms with Gasteiger partial charge in [-0.3, -0.25) is 9.59 Å². The largest absolute Gasteiger partial charge is 0.469 e. The maximum atomic E-state index is 11.0.